The second kappa shape index (κ2) is 3.87. The van der Waals surface area contributed by atoms with Gasteiger partial charge in [0.2, 0.25) is 6.41 Å². The third kappa shape index (κ3) is 2.06. The second-order valence-corrected chi connectivity index (χ2v) is 3.10. The Labute approximate surface area is 72.8 Å². The van der Waals surface area contributed by atoms with Gasteiger partial charge in [0.05, 0.1) is 12.1 Å². The maximum atomic E-state index is 10.4. The molecule has 1 amide bonds. The largest absolute Gasteiger partial charge is 0.478 e. The minimum absolute atomic E-state index is 0.266. The fourth-order valence-electron chi connectivity index (χ4n) is 0.728. The molecule has 0 aliphatic heterocycles. The van der Waals surface area contributed by atoms with E-state index in [1.807, 2.05) is 0 Å². The molecule has 64 valence electrons. The number of carbonyl (C=O) groups excluding carboxylic acids is 1. The van der Waals surface area contributed by atoms with E-state index in [1.165, 1.54) is 11.3 Å². The summed E-state index contributed by atoms with van der Waals surface area (Å²) in [5.41, 5.74) is 0.266. The summed E-state index contributed by atoms with van der Waals surface area (Å²) in [5.74, 6) is -0.941. The number of thiophene rings is 1. The molecule has 1 heterocycles. The van der Waals surface area contributed by atoms with Crippen molar-refractivity contribution in [2.24, 2.45) is 0 Å². The van der Waals surface area contributed by atoms with Crippen LogP contribution in [0.4, 0.5) is 0 Å². The van der Waals surface area contributed by atoms with E-state index in [9.17, 15) is 9.59 Å². The van der Waals surface area contributed by atoms with E-state index in [1.54, 1.807) is 11.4 Å². The lowest BCUT2D eigenvalue weighted by Crippen LogP contribution is -2.08. The highest BCUT2D eigenvalue weighted by Crippen LogP contribution is 2.13. The molecule has 1 rings (SSSR count). The Kier molecular flexibility index (Phi) is 2.82. The standard InChI is InChI=1S/C7H7NO3S/c9-4-8-2-6-1-5(3-12-6)7(10)11/h1,3-4H,2H2,(H,8,9)(H,10,11). The lowest BCUT2D eigenvalue weighted by atomic mass is 10.3. The molecule has 0 saturated carbocycles. The molecular formula is C7H7NO3S. The van der Waals surface area contributed by atoms with E-state index >= 15 is 0 Å². The molecule has 2 N–H and O–H groups in total. The summed E-state index contributed by atoms with van der Waals surface area (Å²) in [6.07, 6.45) is 0.583. The van der Waals surface area contributed by atoms with Gasteiger partial charge in [0.1, 0.15) is 0 Å². The summed E-state index contributed by atoms with van der Waals surface area (Å²) in [6.45, 7) is 0.390. The van der Waals surface area contributed by atoms with Crippen molar-refractivity contribution in [3.05, 3.63) is 21.9 Å². The molecule has 12 heavy (non-hydrogen) atoms. The third-order valence-corrected chi connectivity index (χ3v) is 2.20. The average Bonchev–Trinajstić information content (AvgIpc) is 2.48. The van der Waals surface area contributed by atoms with Gasteiger partial charge in [-0.1, -0.05) is 0 Å². The Hall–Kier alpha value is -1.36. The van der Waals surface area contributed by atoms with E-state index in [4.69, 9.17) is 5.11 Å². The monoisotopic (exact) mass is 185 g/mol. The minimum Gasteiger partial charge on any atom is -0.478 e. The number of carboxylic acid groups (broad SMARTS) is 1. The summed E-state index contributed by atoms with van der Waals surface area (Å²) >= 11 is 1.32. The molecule has 1 aromatic rings. The predicted octanol–water partition coefficient (Wildman–Crippen LogP) is 0.692. The Bertz CT molecular complexity index is 295. The number of amides is 1. The SMILES string of the molecule is O=CNCc1cc(C(=O)O)cs1. The van der Waals surface area contributed by atoms with Crippen molar-refractivity contribution in [1.82, 2.24) is 5.32 Å². The van der Waals surface area contributed by atoms with Crippen LogP contribution in [0.15, 0.2) is 11.4 Å². The molecule has 1 aromatic heterocycles. The topological polar surface area (TPSA) is 66.4 Å². The Morgan fingerprint density at radius 2 is 2.50 bits per heavy atom. The maximum Gasteiger partial charge on any atom is 0.336 e. The molecule has 0 aliphatic carbocycles. The first-order valence-corrected chi connectivity index (χ1v) is 4.09. The van der Waals surface area contributed by atoms with E-state index in [-0.39, 0.29) is 5.56 Å². The highest BCUT2D eigenvalue weighted by atomic mass is 32.1. The van der Waals surface area contributed by atoms with Crippen LogP contribution in [-0.2, 0) is 11.3 Å². The summed E-state index contributed by atoms with van der Waals surface area (Å²) in [5, 5.41) is 12.5. The molecule has 0 saturated heterocycles. The van der Waals surface area contributed by atoms with Crippen molar-refractivity contribution < 1.29 is 14.7 Å². The van der Waals surface area contributed by atoms with Crippen LogP contribution >= 0.6 is 11.3 Å². The van der Waals surface area contributed by atoms with Crippen LogP contribution in [-0.4, -0.2) is 17.5 Å². The molecule has 0 aliphatic rings. The highest BCUT2D eigenvalue weighted by molar-refractivity contribution is 7.10. The third-order valence-electron chi connectivity index (χ3n) is 1.26. The molecule has 0 unspecified atom stereocenters. The fraction of sp³-hybridized carbons (Fsp3) is 0.143. The first kappa shape index (κ1) is 8.73. The number of aromatic carboxylic acids is 1. The fourth-order valence-corrected chi connectivity index (χ4v) is 1.54. The number of nitrogens with one attached hydrogen (secondary N) is 1. The Balaban J connectivity index is 2.64. The molecule has 0 fully saturated rings. The first-order chi connectivity index (χ1) is 5.74. The lowest BCUT2D eigenvalue weighted by molar-refractivity contribution is -0.109. The number of rotatable bonds is 4. The van der Waals surface area contributed by atoms with Crippen molar-refractivity contribution in [2.75, 3.05) is 0 Å². The number of hydrogen-bond donors (Lipinski definition) is 2. The van der Waals surface area contributed by atoms with Gasteiger partial charge in [-0.3, -0.25) is 4.79 Å². The highest BCUT2D eigenvalue weighted by Gasteiger charge is 2.05. The van der Waals surface area contributed by atoms with Gasteiger partial charge < -0.3 is 10.4 Å². The van der Waals surface area contributed by atoms with Gasteiger partial charge >= 0.3 is 5.97 Å². The van der Waals surface area contributed by atoms with Gasteiger partial charge in [-0.15, -0.1) is 11.3 Å². The molecule has 4 nitrogen and oxygen atoms in total. The van der Waals surface area contributed by atoms with Crippen LogP contribution in [0.25, 0.3) is 0 Å². The van der Waals surface area contributed by atoms with Gasteiger partial charge in [-0.05, 0) is 6.07 Å². The maximum absolute atomic E-state index is 10.4. The summed E-state index contributed by atoms with van der Waals surface area (Å²) in [6, 6.07) is 1.55. The van der Waals surface area contributed by atoms with Crippen molar-refractivity contribution >= 4 is 23.7 Å². The van der Waals surface area contributed by atoms with E-state index in [0.717, 1.165) is 4.88 Å². The van der Waals surface area contributed by atoms with Gasteiger partial charge in [-0.2, -0.15) is 0 Å². The Morgan fingerprint density at radius 3 is 3.00 bits per heavy atom. The van der Waals surface area contributed by atoms with Crippen LogP contribution in [0.1, 0.15) is 15.2 Å². The molecule has 0 bridgehead atoms. The first-order valence-electron chi connectivity index (χ1n) is 3.22. The second-order valence-electron chi connectivity index (χ2n) is 2.11. The zero-order chi connectivity index (χ0) is 8.97. The van der Waals surface area contributed by atoms with Crippen molar-refractivity contribution in [3.8, 4) is 0 Å². The summed E-state index contributed by atoms with van der Waals surface area (Å²) in [4.78, 5) is 21.1. The van der Waals surface area contributed by atoms with Crippen LogP contribution < -0.4 is 5.32 Å². The average molecular weight is 185 g/mol. The van der Waals surface area contributed by atoms with E-state index < -0.39 is 5.97 Å². The zero-order valence-corrected chi connectivity index (χ0v) is 6.93. The summed E-state index contributed by atoms with van der Waals surface area (Å²) in [7, 11) is 0. The van der Waals surface area contributed by atoms with Gasteiger partial charge in [0.15, 0.2) is 0 Å². The van der Waals surface area contributed by atoms with Crippen molar-refractivity contribution in [3.63, 3.8) is 0 Å². The number of hydrogen-bond acceptors (Lipinski definition) is 3. The Morgan fingerprint density at radius 1 is 1.75 bits per heavy atom. The van der Waals surface area contributed by atoms with Gasteiger partial charge in [0.25, 0.3) is 0 Å². The lowest BCUT2D eigenvalue weighted by Gasteiger charge is -1.91. The van der Waals surface area contributed by atoms with Gasteiger partial charge in [-0.25, -0.2) is 4.79 Å². The van der Waals surface area contributed by atoms with Crippen LogP contribution in [0.2, 0.25) is 0 Å². The van der Waals surface area contributed by atoms with Crippen LogP contribution in [0.3, 0.4) is 0 Å². The molecule has 0 spiro atoms. The normalized spacial score (nSPS) is 9.33. The quantitative estimate of drug-likeness (QED) is 0.678. The zero-order valence-electron chi connectivity index (χ0n) is 6.11. The molecule has 5 heteroatoms. The van der Waals surface area contributed by atoms with Crippen LogP contribution in [0, 0.1) is 0 Å². The minimum atomic E-state index is -0.941. The molecule has 0 atom stereocenters. The van der Waals surface area contributed by atoms with E-state index in [2.05, 4.69) is 5.32 Å². The number of carboxylic acids is 1. The molecule has 0 aromatic carbocycles. The number of carbonyl (C=O) groups is 2. The van der Waals surface area contributed by atoms with E-state index in [0.29, 0.717) is 13.0 Å². The predicted molar refractivity (Wildman–Crippen MR) is 44.2 cm³/mol. The van der Waals surface area contributed by atoms with Gasteiger partial charge in [0, 0.05) is 10.3 Å². The molecular weight excluding hydrogens is 178 g/mol. The van der Waals surface area contributed by atoms with Crippen molar-refractivity contribution in [2.45, 2.75) is 6.54 Å². The summed E-state index contributed by atoms with van der Waals surface area (Å²) < 4.78 is 0. The molecule has 0 radical (unpaired) electrons. The van der Waals surface area contributed by atoms with Crippen LogP contribution in [0.5, 0.6) is 0 Å². The smallest absolute Gasteiger partial charge is 0.336 e. The van der Waals surface area contributed by atoms with Crippen molar-refractivity contribution in [1.29, 1.82) is 0 Å².